The summed E-state index contributed by atoms with van der Waals surface area (Å²) in [4.78, 5) is 5.54. The Kier molecular flexibility index (Phi) is 4.69. The molecule has 0 N–H and O–H groups in total. The number of aromatic nitrogens is 5. The Morgan fingerprint density at radius 3 is 2.96 bits per heavy atom. The minimum atomic E-state index is 0.508. The lowest BCUT2D eigenvalue weighted by molar-refractivity contribution is 0.425. The van der Waals surface area contributed by atoms with Crippen LogP contribution in [-0.4, -0.2) is 24.9 Å². The molecule has 3 heterocycles. The zero-order chi connectivity index (χ0) is 17.2. The standard InChI is InChI=1S/C16H12BrN5OS2/c1-22-14(12-6-3-7-24-12)19-20-16(22)25-9-13-18-15(23-21-13)10-4-2-5-11(17)8-10/h2-8H,9H2,1H3. The second kappa shape index (κ2) is 7.11. The number of thiophene rings is 1. The molecule has 3 aromatic heterocycles. The van der Waals surface area contributed by atoms with Crippen LogP contribution in [0.1, 0.15) is 5.82 Å². The molecule has 0 amide bonds. The van der Waals surface area contributed by atoms with Gasteiger partial charge in [-0.25, -0.2) is 0 Å². The van der Waals surface area contributed by atoms with Gasteiger partial charge >= 0.3 is 0 Å². The molecule has 0 saturated heterocycles. The average molecular weight is 434 g/mol. The molecule has 0 atom stereocenters. The van der Waals surface area contributed by atoms with Crippen molar-refractivity contribution >= 4 is 39.0 Å². The summed E-state index contributed by atoms with van der Waals surface area (Å²) in [6, 6.07) is 11.8. The molecule has 9 heteroatoms. The van der Waals surface area contributed by atoms with E-state index < -0.39 is 0 Å². The normalized spacial score (nSPS) is 11.1. The maximum atomic E-state index is 5.35. The molecule has 1 aromatic carbocycles. The highest BCUT2D eigenvalue weighted by Gasteiger charge is 2.14. The van der Waals surface area contributed by atoms with Crippen molar-refractivity contribution < 1.29 is 4.52 Å². The van der Waals surface area contributed by atoms with Gasteiger partial charge in [0.1, 0.15) is 0 Å². The summed E-state index contributed by atoms with van der Waals surface area (Å²) in [5, 5.41) is 15.4. The van der Waals surface area contributed by atoms with Gasteiger partial charge < -0.3 is 9.09 Å². The minimum absolute atomic E-state index is 0.508. The molecule has 0 saturated carbocycles. The second-order valence-corrected chi connectivity index (χ2v) is 7.96. The summed E-state index contributed by atoms with van der Waals surface area (Å²) in [6.07, 6.45) is 0. The van der Waals surface area contributed by atoms with E-state index in [0.29, 0.717) is 17.5 Å². The first-order valence-electron chi connectivity index (χ1n) is 7.35. The van der Waals surface area contributed by atoms with Crippen LogP contribution < -0.4 is 0 Å². The SMILES string of the molecule is Cn1c(SCc2noc(-c3cccc(Br)c3)n2)nnc1-c1cccs1. The van der Waals surface area contributed by atoms with E-state index in [1.165, 1.54) is 11.8 Å². The molecular formula is C16H12BrN5OS2. The first kappa shape index (κ1) is 16.5. The summed E-state index contributed by atoms with van der Waals surface area (Å²) >= 11 is 6.62. The molecule has 0 bridgehead atoms. The van der Waals surface area contributed by atoms with Crippen LogP contribution in [-0.2, 0) is 12.8 Å². The number of hydrogen-bond acceptors (Lipinski definition) is 7. The Bertz CT molecular complexity index is 996. The van der Waals surface area contributed by atoms with Crippen molar-refractivity contribution in [3.63, 3.8) is 0 Å². The number of halogens is 1. The smallest absolute Gasteiger partial charge is 0.257 e. The van der Waals surface area contributed by atoms with Gasteiger partial charge in [0.25, 0.3) is 5.89 Å². The van der Waals surface area contributed by atoms with E-state index in [-0.39, 0.29) is 0 Å². The lowest BCUT2D eigenvalue weighted by Gasteiger charge is -2.00. The third-order valence-corrected chi connectivity index (χ3v) is 5.82. The van der Waals surface area contributed by atoms with E-state index in [4.69, 9.17) is 4.52 Å². The number of hydrogen-bond donors (Lipinski definition) is 0. The van der Waals surface area contributed by atoms with E-state index in [1.807, 2.05) is 53.4 Å². The molecule has 4 aromatic rings. The van der Waals surface area contributed by atoms with Gasteiger partial charge in [-0.15, -0.1) is 21.5 Å². The molecule has 0 aliphatic rings. The third kappa shape index (κ3) is 3.53. The van der Waals surface area contributed by atoms with Crippen LogP contribution in [0.5, 0.6) is 0 Å². The van der Waals surface area contributed by atoms with Crippen LogP contribution >= 0.6 is 39.0 Å². The highest BCUT2D eigenvalue weighted by Crippen LogP contribution is 2.28. The summed E-state index contributed by atoms with van der Waals surface area (Å²) in [7, 11) is 1.96. The van der Waals surface area contributed by atoms with Crippen molar-refractivity contribution in [2.45, 2.75) is 10.9 Å². The summed E-state index contributed by atoms with van der Waals surface area (Å²) < 4.78 is 8.30. The fourth-order valence-corrected chi connectivity index (χ4v) is 4.14. The topological polar surface area (TPSA) is 69.6 Å². The predicted octanol–water partition coefficient (Wildman–Crippen LogP) is 4.65. The lowest BCUT2D eigenvalue weighted by Crippen LogP contribution is -1.94. The van der Waals surface area contributed by atoms with Crippen molar-refractivity contribution in [2.24, 2.45) is 7.05 Å². The van der Waals surface area contributed by atoms with E-state index in [2.05, 4.69) is 36.3 Å². The third-order valence-electron chi connectivity index (χ3n) is 3.45. The monoisotopic (exact) mass is 433 g/mol. The Balaban J connectivity index is 1.48. The quantitative estimate of drug-likeness (QED) is 0.426. The van der Waals surface area contributed by atoms with E-state index >= 15 is 0 Å². The molecule has 126 valence electrons. The number of benzene rings is 1. The molecule has 25 heavy (non-hydrogen) atoms. The maximum Gasteiger partial charge on any atom is 0.257 e. The van der Waals surface area contributed by atoms with Gasteiger partial charge in [-0.3, -0.25) is 0 Å². The summed E-state index contributed by atoms with van der Waals surface area (Å²) in [5.74, 6) is 2.56. The van der Waals surface area contributed by atoms with Crippen LogP contribution in [0, 0.1) is 0 Å². The van der Waals surface area contributed by atoms with Crippen LogP contribution in [0.25, 0.3) is 22.2 Å². The molecular weight excluding hydrogens is 422 g/mol. The fourth-order valence-electron chi connectivity index (χ4n) is 2.24. The molecule has 0 spiro atoms. The van der Waals surface area contributed by atoms with E-state index in [0.717, 1.165) is 25.9 Å². The van der Waals surface area contributed by atoms with Crippen LogP contribution in [0.15, 0.2) is 55.9 Å². The molecule has 4 rings (SSSR count). The molecule has 0 fully saturated rings. The van der Waals surface area contributed by atoms with Crippen LogP contribution in [0.4, 0.5) is 0 Å². The fraction of sp³-hybridized carbons (Fsp3) is 0.125. The van der Waals surface area contributed by atoms with Crippen molar-refractivity contribution in [3.05, 3.63) is 52.1 Å². The summed E-state index contributed by atoms with van der Waals surface area (Å²) in [5.41, 5.74) is 0.886. The number of rotatable bonds is 5. The van der Waals surface area contributed by atoms with Crippen molar-refractivity contribution in [1.29, 1.82) is 0 Å². The summed E-state index contributed by atoms with van der Waals surface area (Å²) in [6.45, 7) is 0. The molecule has 0 aliphatic heterocycles. The number of thioether (sulfide) groups is 1. The van der Waals surface area contributed by atoms with Crippen molar-refractivity contribution in [2.75, 3.05) is 0 Å². The molecule has 6 nitrogen and oxygen atoms in total. The van der Waals surface area contributed by atoms with Crippen molar-refractivity contribution in [1.82, 2.24) is 24.9 Å². The average Bonchev–Trinajstić information content (AvgIpc) is 3.34. The Morgan fingerprint density at radius 2 is 2.16 bits per heavy atom. The van der Waals surface area contributed by atoms with Gasteiger partial charge in [-0.2, -0.15) is 4.98 Å². The predicted molar refractivity (Wildman–Crippen MR) is 101 cm³/mol. The minimum Gasteiger partial charge on any atom is -0.334 e. The number of nitrogens with zero attached hydrogens (tertiary/aromatic N) is 5. The van der Waals surface area contributed by atoms with Crippen LogP contribution in [0.3, 0.4) is 0 Å². The Labute approximate surface area is 160 Å². The van der Waals surface area contributed by atoms with Gasteiger partial charge in [0.15, 0.2) is 16.8 Å². The van der Waals surface area contributed by atoms with Gasteiger partial charge in [0, 0.05) is 17.1 Å². The largest absolute Gasteiger partial charge is 0.334 e. The maximum absolute atomic E-state index is 5.35. The Hall–Kier alpha value is -1.97. The van der Waals surface area contributed by atoms with Gasteiger partial charge in [0.05, 0.1) is 10.6 Å². The lowest BCUT2D eigenvalue weighted by atomic mass is 10.2. The van der Waals surface area contributed by atoms with Gasteiger partial charge in [-0.05, 0) is 29.6 Å². The van der Waals surface area contributed by atoms with Crippen LogP contribution in [0.2, 0.25) is 0 Å². The van der Waals surface area contributed by atoms with E-state index in [1.54, 1.807) is 11.3 Å². The first-order chi connectivity index (χ1) is 12.2. The van der Waals surface area contributed by atoms with Gasteiger partial charge in [-0.1, -0.05) is 45.0 Å². The zero-order valence-electron chi connectivity index (χ0n) is 13.1. The van der Waals surface area contributed by atoms with E-state index in [9.17, 15) is 0 Å². The highest BCUT2D eigenvalue weighted by atomic mass is 79.9. The molecule has 0 radical (unpaired) electrons. The molecule has 0 unspecified atom stereocenters. The zero-order valence-corrected chi connectivity index (χ0v) is 16.3. The second-order valence-electron chi connectivity index (χ2n) is 5.16. The first-order valence-corrected chi connectivity index (χ1v) is 10.0. The van der Waals surface area contributed by atoms with Gasteiger partial charge in [0.2, 0.25) is 0 Å². The molecule has 0 aliphatic carbocycles. The van der Waals surface area contributed by atoms with Crippen molar-refractivity contribution in [3.8, 4) is 22.2 Å². The highest BCUT2D eigenvalue weighted by molar-refractivity contribution is 9.10. The Morgan fingerprint density at radius 1 is 1.24 bits per heavy atom.